The van der Waals surface area contributed by atoms with Crippen LogP contribution in [-0.4, -0.2) is 30.8 Å². The minimum atomic E-state index is -4.09. The van der Waals surface area contributed by atoms with E-state index in [4.69, 9.17) is 9.84 Å². The molecule has 0 aliphatic carbocycles. The Morgan fingerprint density at radius 2 is 2.19 bits per heavy atom. The number of ether oxygens (including phenoxy) is 1. The smallest absolute Gasteiger partial charge is 0.265 e. The van der Waals surface area contributed by atoms with Gasteiger partial charge in [0.05, 0.1) is 25.1 Å². The molecule has 1 heterocycles. The molecular formula is C12H14FN3O4S. The minimum absolute atomic E-state index is 0.0386. The van der Waals surface area contributed by atoms with E-state index in [1.54, 1.807) is 0 Å². The predicted molar refractivity (Wildman–Crippen MR) is 73.0 cm³/mol. The zero-order valence-electron chi connectivity index (χ0n) is 11.3. The van der Waals surface area contributed by atoms with Crippen LogP contribution in [0, 0.1) is 12.7 Å². The van der Waals surface area contributed by atoms with Crippen molar-refractivity contribution in [2.45, 2.75) is 18.4 Å². The summed E-state index contributed by atoms with van der Waals surface area (Å²) in [5.74, 6) is -0.438. The lowest BCUT2D eigenvalue weighted by Crippen LogP contribution is -2.16. The molecule has 0 saturated heterocycles. The maximum absolute atomic E-state index is 13.7. The fourth-order valence-corrected chi connectivity index (χ4v) is 3.26. The van der Waals surface area contributed by atoms with Gasteiger partial charge in [0.15, 0.2) is 0 Å². The zero-order chi connectivity index (χ0) is 15.6. The maximum Gasteiger partial charge on any atom is 0.265 e. The lowest BCUT2D eigenvalue weighted by atomic mass is 10.3. The van der Waals surface area contributed by atoms with Gasteiger partial charge in [-0.1, -0.05) is 0 Å². The minimum Gasteiger partial charge on any atom is -0.497 e. The van der Waals surface area contributed by atoms with E-state index in [1.165, 1.54) is 26.2 Å². The SMILES string of the molecule is COc1ccc(F)c(NS(=O)(=O)c2c(CO)n[nH]c2C)c1. The number of nitrogens with one attached hydrogen (secondary N) is 2. The second-order valence-electron chi connectivity index (χ2n) is 4.23. The van der Waals surface area contributed by atoms with E-state index in [-0.39, 0.29) is 22.0 Å². The summed E-state index contributed by atoms with van der Waals surface area (Å²) in [5.41, 5.74) is -0.0444. The van der Waals surface area contributed by atoms with Gasteiger partial charge in [0, 0.05) is 6.07 Å². The molecule has 0 spiro atoms. The molecule has 0 bridgehead atoms. The maximum atomic E-state index is 13.7. The number of halogens is 1. The lowest BCUT2D eigenvalue weighted by Gasteiger charge is -2.10. The molecule has 1 aromatic carbocycles. The largest absolute Gasteiger partial charge is 0.497 e. The van der Waals surface area contributed by atoms with E-state index in [1.807, 2.05) is 0 Å². The molecule has 0 aliphatic heterocycles. The highest BCUT2D eigenvalue weighted by Gasteiger charge is 2.25. The van der Waals surface area contributed by atoms with E-state index >= 15 is 0 Å². The third kappa shape index (κ3) is 2.98. The van der Waals surface area contributed by atoms with Crippen LogP contribution in [0.4, 0.5) is 10.1 Å². The Kier molecular flexibility index (Phi) is 4.14. The number of nitrogens with zero attached hydrogens (tertiary/aromatic N) is 1. The summed E-state index contributed by atoms with van der Waals surface area (Å²) >= 11 is 0. The van der Waals surface area contributed by atoms with E-state index in [2.05, 4.69) is 14.9 Å². The summed E-state index contributed by atoms with van der Waals surface area (Å²) in [5, 5.41) is 15.3. The van der Waals surface area contributed by atoms with Gasteiger partial charge in [0.2, 0.25) is 0 Å². The lowest BCUT2D eigenvalue weighted by molar-refractivity contribution is 0.273. The summed E-state index contributed by atoms with van der Waals surface area (Å²) < 4.78 is 45.4. The number of rotatable bonds is 5. The Bertz CT molecular complexity index is 758. The monoisotopic (exact) mass is 315 g/mol. The van der Waals surface area contributed by atoms with E-state index in [0.29, 0.717) is 5.75 Å². The molecule has 7 nitrogen and oxygen atoms in total. The number of aliphatic hydroxyl groups excluding tert-OH is 1. The van der Waals surface area contributed by atoms with Gasteiger partial charge in [-0.3, -0.25) is 9.82 Å². The molecule has 0 saturated carbocycles. The second kappa shape index (κ2) is 5.70. The number of sulfonamides is 1. The first-order chi connectivity index (χ1) is 9.89. The molecule has 0 fully saturated rings. The summed E-state index contributed by atoms with van der Waals surface area (Å²) in [6, 6.07) is 3.68. The molecule has 1 aromatic heterocycles. The molecule has 0 radical (unpaired) electrons. The Morgan fingerprint density at radius 3 is 2.81 bits per heavy atom. The molecule has 0 atom stereocenters. The highest BCUT2D eigenvalue weighted by atomic mass is 32.2. The summed E-state index contributed by atoms with van der Waals surface area (Å²) in [6.07, 6.45) is 0. The highest BCUT2D eigenvalue weighted by molar-refractivity contribution is 7.92. The number of hydrogen-bond acceptors (Lipinski definition) is 5. The normalized spacial score (nSPS) is 11.4. The number of hydrogen-bond donors (Lipinski definition) is 3. The van der Waals surface area contributed by atoms with Crippen molar-refractivity contribution in [2.24, 2.45) is 0 Å². The summed E-state index contributed by atoms with van der Waals surface area (Å²) in [6.45, 7) is 0.934. The van der Waals surface area contributed by atoms with Crippen LogP contribution >= 0.6 is 0 Å². The molecule has 2 rings (SSSR count). The average molecular weight is 315 g/mol. The predicted octanol–water partition coefficient (Wildman–Crippen LogP) is 1.16. The molecule has 0 amide bonds. The van der Waals surface area contributed by atoms with Crippen LogP contribution in [0.2, 0.25) is 0 Å². The van der Waals surface area contributed by atoms with Crippen LogP contribution in [0.15, 0.2) is 23.1 Å². The van der Waals surface area contributed by atoms with E-state index in [0.717, 1.165) is 6.07 Å². The van der Waals surface area contributed by atoms with Crippen LogP contribution in [-0.2, 0) is 16.6 Å². The van der Waals surface area contributed by atoms with Crippen molar-refractivity contribution in [3.05, 3.63) is 35.4 Å². The number of aromatic amines is 1. The Hall–Kier alpha value is -2.13. The van der Waals surface area contributed by atoms with Crippen molar-refractivity contribution in [1.82, 2.24) is 10.2 Å². The first-order valence-electron chi connectivity index (χ1n) is 5.90. The first-order valence-corrected chi connectivity index (χ1v) is 7.38. The van der Waals surface area contributed by atoms with Gasteiger partial charge in [-0.25, -0.2) is 12.8 Å². The van der Waals surface area contributed by atoms with Gasteiger partial charge in [0.25, 0.3) is 10.0 Å². The number of methoxy groups -OCH3 is 1. The van der Waals surface area contributed by atoms with Gasteiger partial charge in [0.1, 0.15) is 22.2 Å². The molecule has 0 unspecified atom stereocenters. The molecule has 114 valence electrons. The van der Waals surface area contributed by atoms with Crippen molar-refractivity contribution >= 4 is 15.7 Å². The fourth-order valence-electron chi connectivity index (χ4n) is 1.84. The second-order valence-corrected chi connectivity index (χ2v) is 5.85. The molecule has 9 heteroatoms. The van der Waals surface area contributed by atoms with Crippen molar-refractivity contribution < 1.29 is 22.7 Å². The Morgan fingerprint density at radius 1 is 1.48 bits per heavy atom. The van der Waals surface area contributed by atoms with Gasteiger partial charge < -0.3 is 9.84 Å². The molecular weight excluding hydrogens is 301 g/mol. The van der Waals surface area contributed by atoms with Crippen molar-refractivity contribution in [1.29, 1.82) is 0 Å². The molecule has 2 aromatic rings. The number of H-pyrrole nitrogens is 1. The van der Waals surface area contributed by atoms with E-state index in [9.17, 15) is 12.8 Å². The van der Waals surface area contributed by atoms with Gasteiger partial charge >= 0.3 is 0 Å². The third-order valence-corrected chi connectivity index (χ3v) is 4.37. The summed E-state index contributed by atoms with van der Waals surface area (Å²) in [7, 11) is -2.71. The van der Waals surface area contributed by atoms with Crippen molar-refractivity contribution in [3.8, 4) is 5.75 Å². The number of benzene rings is 1. The number of aryl methyl sites for hydroxylation is 1. The van der Waals surface area contributed by atoms with Crippen LogP contribution in [0.3, 0.4) is 0 Å². The number of anilines is 1. The van der Waals surface area contributed by atoms with Gasteiger partial charge in [-0.2, -0.15) is 5.10 Å². The Balaban J connectivity index is 2.44. The fraction of sp³-hybridized carbons (Fsp3) is 0.250. The summed E-state index contributed by atoms with van der Waals surface area (Å²) in [4.78, 5) is -0.202. The van der Waals surface area contributed by atoms with Gasteiger partial charge in [-0.05, 0) is 19.1 Å². The zero-order valence-corrected chi connectivity index (χ0v) is 12.2. The first kappa shape index (κ1) is 15.3. The van der Waals surface area contributed by atoms with Crippen LogP contribution in [0.25, 0.3) is 0 Å². The topological polar surface area (TPSA) is 104 Å². The number of aromatic nitrogens is 2. The van der Waals surface area contributed by atoms with Crippen LogP contribution in [0.5, 0.6) is 5.75 Å². The molecule has 0 aliphatic rings. The van der Waals surface area contributed by atoms with Crippen molar-refractivity contribution in [2.75, 3.05) is 11.8 Å². The standard InChI is InChI=1S/C12H14FN3O4S/c1-7-12(11(6-17)15-14-7)21(18,19)16-10-5-8(20-2)3-4-9(10)13/h3-5,16-17H,6H2,1-2H3,(H,14,15). The van der Waals surface area contributed by atoms with Crippen LogP contribution < -0.4 is 9.46 Å². The molecule has 21 heavy (non-hydrogen) atoms. The average Bonchev–Trinajstić information content (AvgIpc) is 2.83. The quantitative estimate of drug-likeness (QED) is 0.768. The number of aliphatic hydroxyl groups is 1. The molecule has 3 N–H and O–H groups in total. The third-order valence-electron chi connectivity index (χ3n) is 2.80. The Labute approximate surface area is 120 Å². The van der Waals surface area contributed by atoms with Crippen molar-refractivity contribution in [3.63, 3.8) is 0 Å². The highest BCUT2D eigenvalue weighted by Crippen LogP contribution is 2.26. The van der Waals surface area contributed by atoms with Gasteiger partial charge in [-0.15, -0.1) is 0 Å². The van der Waals surface area contributed by atoms with Crippen LogP contribution in [0.1, 0.15) is 11.4 Å². The van der Waals surface area contributed by atoms with E-state index < -0.39 is 22.4 Å².